The molecule has 3 aromatic rings. The topological polar surface area (TPSA) is 52.3 Å². The van der Waals surface area contributed by atoms with E-state index in [2.05, 4.69) is 5.16 Å². The first-order valence-electron chi connectivity index (χ1n) is 8.31. The molecule has 25 heavy (non-hydrogen) atoms. The van der Waals surface area contributed by atoms with E-state index in [0.29, 0.717) is 11.5 Å². The molecular weight excluding hydrogens is 314 g/mol. The molecular formula is C21H21NO3. The number of rotatable bonds is 5. The average Bonchev–Trinajstić information content (AvgIpc) is 2.97. The smallest absolute Gasteiger partial charge is 0.311 e. The lowest BCUT2D eigenvalue weighted by atomic mass is 10.0. The monoisotopic (exact) mass is 335 g/mol. The number of aromatic nitrogens is 1. The van der Waals surface area contributed by atoms with Gasteiger partial charge in [0.2, 0.25) is 0 Å². The molecule has 0 aliphatic rings. The number of carbonyl (C=O) groups is 1. The van der Waals surface area contributed by atoms with Crippen LogP contribution in [0.25, 0.3) is 11.3 Å². The van der Waals surface area contributed by atoms with E-state index in [-0.39, 0.29) is 18.5 Å². The zero-order chi connectivity index (χ0) is 17.8. The zero-order valence-electron chi connectivity index (χ0n) is 14.7. The fourth-order valence-corrected chi connectivity index (χ4v) is 2.70. The highest BCUT2D eigenvalue weighted by molar-refractivity contribution is 5.76. The fourth-order valence-electron chi connectivity index (χ4n) is 2.70. The molecule has 1 atom stereocenters. The summed E-state index contributed by atoms with van der Waals surface area (Å²) in [5.41, 5.74) is 4.52. The number of aryl methyl sites for hydroxylation is 2. The SMILES string of the molecule is Cc1ccc(-c2onc(C)c2CC(=O)O[C@H](C)c2ccccc2)cc1. The molecule has 0 unspecified atom stereocenters. The summed E-state index contributed by atoms with van der Waals surface area (Å²) in [4.78, 5) is 12.4. The molecule has 128 valence electrons. The minimum Gasteiger partial charge on any atom is -0.458 e. The molecule has 0 aliphatic heterocycles. The molecule has 2 aromatic carbocycles. The Kier molecular flexibility index (Phi) is 4.98. The summed E-state index contributed by atoms with van der Waals surface area (Å²) in [6, 6.07) is 17.6. The van der Waals surface area contributed by atoms with Crippen molar-refractivity contribution in [1.29, 1.82) is 0 Å². The van der Waals surface area contributed by atoms with Crippen LogP contribution in [0.1, 0.15) is 35.4 Å². The molecule has 0 amide bonds. The first-order valence-corrected chi connectivity index (χ1v) is 8.31. The Bertz CT molecular complexity index is 851. The molecule has 0 aliphatic carbocycles. The van der Waals surface area contributed by atoms with Crippen molar-refractivity contribution in [2.75, 3.05) is 0 Å². The Morgan fingerprint density at radius 1 is 1.08 bits per heavy atom. The summed E-state index contributed by atoms with van der Waals surface area (Å²) in [7, 11) is 0. The van der Waals surface area contributed by atoms with Crippen molar-refractivity contribution in [3.05, 3.63) is 77.0 Å². The molecule has 0 radical (unpaired) electrons. The molecule has 0 saturated heterocycles. The van der Waals surface area contributed by atoms with Crippen LogP contribution in [0.4, 0.5) is 0 Å². The first kappa shape index (κ1) is 17.0. The molecule has 1 aromatic heterocycles. The highest BCUT2D eigenvalue weighted by Crippen LogP contribution is 2.28. The van der Waals surface area contributed by atoms with E-state index in [1.54, 1.807) is 0 Å². The Labute approximate surface area is 147 Å². The quantitative estimate of drug-likeness (QED) is 0.628. The van der Waals surface area contributed by atoms with Crippen LogP contribution in [-0.2, 0) is 16.0 Å². The first-order chi connectivity index (χ1) is 12.0. The summed E-state index contributed by atoms with van der Waals surface area (Å²) >= 11 is 0. The van der Waals surface area contributed by atoms with Crippen LogP contribution in [0, 0.1) is 13.8 Å². The van der Waals surface area contributed by atoms with Crippen LogP contribution in [0.5, 0.6) is 0 Å². The Hall–Kier alpha value is -2.88. The third kappa shape index (κ3) is 3.97. The maximum Gasteiger partial charge on any atom is 0.311 e. The second-order valence-electron chi connectivity index (χ2n) is 6.16. The Balaban J connectivity index is 1.75. The van der Waals surface area contributed by atoms with Crippen molar-refractivity contribution < 1.29 is 14.1 Å². The van der Waals surface area contributed by atoms with Gasteiger partial charge >= 0.3 is 5.97 Å². The summed E-state index contributed by atoms with van der Waals surface area (Å²) in [6.45, 7) is 5.73. The van der Waals surface area contributed by atoms with Gasteiger partial charge in [0.15, 0.2) is 5.76 Å². The fraction of sp³-hybridized carbons (Fsp3) is 0.238. The maximum absolute atomic E-state index is 12.4. The lowest BCUT2D eigenvalue weighted by Crippen LogP contribution is -2.12. The van der Waals surface area contributed by atoms with Gasteiger partial charge in [-0.2, -0.15) is 0 Å². The molecule has 0 spiro atoms. The standard InChI is InChI=1S/C21H21NO3/c1-14-9-11-18(12-10-14)21-19(15(2)22-25-21)13-20(23)24-16(3)17-7-5-4-6-8-17/h4-12,16H,13H2,1-3H3/t16-/m1/s1. The molecule has 4 nitrogen and oxygen atoms in total. The minimum absolute atomic E-state index is 0.135. The molecule has 0 N–H and O–H groups in total. The van der Waals surface area contributed by atoms with Gasteiger partial charge < -0.3 is 9.26 Å². The zero-order valence-corrected chi connectivity index (χ0v) is 14.7. The molecule has 0 fully saturated rings. The van der Waals surface area contributed by atoms with Crippen molar-refractivity contribution in [1.82, 2.24) is 5.16 Å². The van der Waals surface area contributed by atoms with Crippen LogP contribution >= 0.6 is 0 Å². The number of hydrogen-bond acceptors (Lipinski definition) is 4. The van der Waals surface area contributed by atoms with E-state index in [1.807, 2.05) is 75.4 Å². The number of esters is 1. The van der Waals surface area contributed by atoms with Crippen molar-refractivity contribution in [2.24, 2.45) is 0 Å². The second kappa shape index (κ2) is 7.34. The van der Waals surface area contributed by atoms with Crippen LogP contribution in [0.3, 0.4) is 0 Å². The van der Waals surface area contributed by atoms with Gasteiger partial charge in [-0.05, 0) is 26.3 Å². The van der Waals surface area contributed by atoms with Gasteiger partial charge in [0.1, 0.15) is 6.10 Å². The Morgan fingerprint density at radius 2 is 1.76 bits per heavy atom. The van der Waals surface area contributed by atoms with E-state index in [1.165, 1.54) is 0 Å². The minimum atomic E-state index is -0.295. The number of carbonyl (C=O) groups excluding carboxylic acids is 1. The van der Waals surface area contributed by atoms with Crippen molar-refractivity contribution in [3.8, 4) is 11.3 Å². The number of nitrogens with zero attached hydrogens (tertiary/aromatic N) is 1. The van der Waals surface area contributed by atoms with Gasteiger partial charge in [-0.15, -0.1) is 0 Å². The summed E-state index contributed by atoms with van der Waals surface area (Å²) in [6.07, 6.45) is -0.160. The molecule has 4 heteroatoms. The van der Waals surface area contributed by atoms with Crippen molar-refractivity contribution >= 4 is 5.97 Å². The summed E-state index contributed by atoms with van der Waals surface area (Å²) in [5.74, 6) is 0.331. The third-order valence-electron chi connectivity index (χ3n) is 4.20. The predicted molar refractivity (Wildman–Crippen MR) is 96.1 cm³/mol. The normalized spacial score (nSPS) is 12.0. The van der Waals surface area contributed by atoms with Gasteiger partial charge in [-0.3, -0.25) is 4.79 Å². The molecule has 1 heterocycles. The Morgan fingerprint density at radius 3 is 2.44 bits per heavy atom. The van der Waals surface area contributed by atoms with Gasteiger partial charge in [-0.1, -0.05) is 65.3 Å². The van der Waals surface area contributed by atoms with Crippen molar-refractivity contribution in [2.45, 2.75) is 33.3 Å². The second-order valence-corrected chi connectivity index (χ2v) is 6.16. The maximum atomic E-state index is 12.4. The van der Waals surface area contributed by atoms with E-state index < -0.39 is 0 Å². The predicted octanol–water partition coefficient (Wildman–Crippen LogP) is 4.81. The number of hydrogen-bond donors (Lipinski definition) is 0. The molecule has 0 saturated carbocycles. The van der Waals surface area contributed by atoms with E-state index in [0.717, 1.165) is 22.3 Å². The molecule has 0 bridgehead atoms. The number of ether oxygens (including phenoxy) is 1. The lowest BCUT2D eigenvalue weighted by molar-refractivity contribution is -0.147. The molecule has 3 rings (SSSR count). The van der Waals surface area contributed by atoms with Crippen LogP contribution < -0.4 is 0 Å². The van der Waals surface area contributed by atoms with Crippen LogP contribution in [-0.4, -0.2) is 11.1 Å². The van der Waals surface area contributed by atoms with E-state index in [4.69, 9.17) is 9.26 Å². The number of benzene rings is 2. The summed E-state index contributed by atoms with van der Waals surface area (Å²) in [5, 5.41) is 4.02. The summed E-state index contributed by atoms with van der Waals surface area (Å²) < 4.78 is 11.0. The van der Waals surface area contributed by atoms with E-state index >= 15 is 0 Å². The third-order valence-corrected chi connectivity index (χ3v) is 4.20. The highest BCUT2D eigenvalue weighted by atomic mass is 16.5. The van der Waals surface area contributed by atoms with E-state index in [9.17, 15) is 4.79 Å². The van der Waals surface area contributed by atoms with Gasteiger partial charge in [0.25, 0.3) is 0 Å². The average molecular weight is 335 g/mol. The highest BCUT2D eigenvalue weighted by Gasteiger charge is 2.20. The van der Waals surface area contributed by atoms with Crippen molar-refractivity contribution in [3.63, 3.8) is 0 Å². The van der Waals surface area contributed by atoms with Gasteiger partial charge in [0, 0.05) is 11.1 Å². The van der Waals surface area contributed by atoms with Crippen LogP contribution in [0.15, 0.2) is 59.1 Å². The lowest BCUT2D eigenvalue weighted by Gasteiger charge is -2.13. The largest absolute Gasteiger partial charge is 0.458 e. The van der Waals surface area contributed by atoms with Gasteiger partial charge in [-0.25, -0.2) is 0 Å². The van der Waals surface area contributed by atoms with Crippen LogP contribution in [0.2, 0.25) is 0 Å². The van der Waals surface area contributed by atoms with Gasteiger partial charge in [0.05, 0.1) is 12.1 Å².